The molecule has 0 saturated heterocycles. The summed E-state index contributed by atoms with van der Waals surface area (Å²) in [6.45, 7) is 10.4. The van der Waals surface area contributed by atoms with E-state index in [-0.39, 0.29) is 99.8 Å². The fourth-order valence-corrected chi connectivity index (χ4v) is 15.6. The molecule has 0 radical (unpaired) electrons. The van der Waals surface area contributed by atoms with E-state index in [9.17, 15) is 9.59 Å². The molecule has 2 unspecified atom stereocenters. The van der Waals surface area contributed by atoms with Gasteiger partial charge in [0.25, 0.3) is 23.6 Å². The molecule has 0 saturated carbocycles. The van der Waals surface area contributed by atoms with Gasteiger partial charge in [0, 0.05) is 79.5 Å². The van der Waals surface area contributed by atoms with Gasteiger partial charge in [-0.15, -0.1) is 0 Å². The highest BCUT2D eigenvalue weighted by Gasteiger charge is 2.46. The predicted octanol–water partition coefficient (Wildman–Crippen LogP) is 22.0. The van der Waals surface area contributed by atoms with E-state index in [4.69, 9.17) is 47.4 Å². The molecule has 2 heterocycles. The lowest BCUT2D eigenvalue weighted by Crippen LogP contribution is -2.50. The van der Waals surface area contributed by atoms with Crippen molar-refractivity contribution in [1.29, 1.82) is 0 Å². The van der Waals surface area contributed by atoms with Crippen LogP contribution in [0.4, 0.5) is 0 Å². The predicted molar refractivity (Wildman–Crippen MR) is 445 cm³/mol. The average Bonchev–Trinajstić information content (AvgIpc) is 0.669. The molecule has 0 bridgehead atoms. The molecule has 572 valence electrons. The van der Waals surface area contributed by atoms with Gasteiger partial charge in [-0.2, -0.15) is 0 Å². The number of carbonyl (C=O) groups is 6. The quantitative estimate of drug-likeness (QED) is 0.0204. The topological polar surface area (TPSA) is 201 Å². The van der Waals surface area contributed by atoms with E-state index in [2.05, 4.69) is 0 Å². The van der Waals surface area contributed by atoms with Gasteiger partial charge in [0.1, 0.15) is 92.6 Å². The molecular weight excluding hydrogens is 1460 g/mol. The molecule has 0 fully saturated rings. The Morgan fingerprint density at radius 3 is 0.690 bits per heavy atom. The van der Waals surface area contributed by atoms with Crippen molar-refractivity contribution in [1.82, 2.24) is 9.80 Å². The molecule has 15 aromatic carbocycles. The number of fused-ring (bicyclic) bond motifs is 2. The summed E-state index contributed by atoms with van der Waals surface area (Å²) in [5, 5.41) is 1.60. The van der Waals surface area contributed by atoms with Gasteiger partial charge >= 0.3 is 11.9 Å². The van der Waals surface area contributed by atoms with Crippen LogP contribution in [0.1, 0.15) is 77.5 Å². The van der Waals surface area contributed by atoms with Crippen LogP contribution in [-0.2, 0) is 9.59 Å². The van der Waals surface area contributed by atoms with Crippen molar-refractivity contribution in [3.63, 3.8) is 0 Å². The van der Waals surface area contributed by atoms with Crippen molar-refractivity contribution >= 4 is 78.7 Å². The molecule has 2 aliphatic rings. The Labute approximate surface area is 667 Å². The number of nitrogens with zero attached hydrogens (tertiary/aromatic N) is 2. The molecule has 0 aromatic heterocycles. The molecule has 2 atom stereocenters. The first-order chi connectivity index (χ1) is 56.3. The minimum atomic E-state index is -1.61. The number of imide groups is 2. The Balaban J connectivity index is 0.998. The van der Waals surface area contributed by atoms with Crippen LogP contribution in [0.15, 0.2) is 255 Å². The largest absolute Gasteiger partial charge is 0.496 e. The van der Waals surface area contributed by atoms with Gasteiger partial charge in [-0.1, -0.05) is 146 Å². The van der Waals surface area contributed by atoms with E-state index in [1.165, 1.54) is 66.6 Å². The molecule has 116 heavy (non-hydrogen) atoms. The summed E-state index contributed by atoms with van der Waals surface area (Å²) in [7, 11) is 5.80. The number of amides is 4. The van der Waals surface area contributed by atoms with E-state index in [0.717, 1.165) is 54.3 Å². The maximum absolute atomic E-state index is 16.5. The zero-order valence-corrected chi connectivity index (χ0v) is 64.8. The summed E-state index contributed by atoms with van der Waals surface area (Å²) >= 11 is 0. The van der Waals surface area contributed by atoms with Crippen LogP contribution in [0.3, 0.4) is 0 Å². The lowest BCUT2D eigenvalue weighted by Gasteiger charge is -2.34. The standard InChI is InChI=1S/C98H74N2O16/c1-53-39-63(59-23-15-11-16-24-59)31-35-77(53)113-81-49-73-85-74(94(102)99(93(73)101)57(5)97(105)111-71-45-67(107-7)43-68(46-71)108-8)51-83(115-79-37-33-65(41-55(79)3)61-27-19-13-20-28-61)89-90-84(116-80-38-34-66(42-56(80)4)62-29-21-14-22-30-62)52-76-86-75(95(103)100(96(76)104)58(6)98(106)112-72-47-69(109-9)44-70(48-72)110-10)50-82(88(92(86)90)87(81)91(85)89)114-78-36-32-64(40-54(78)2)60-25-17-12-18-26-60/h11-52,57-58H,1-10H3. The number of benzene rings is 15. The first-order valence-electron chi connectivity index (χ1n) is 37.6. The zero-order chi connectivity index (χ0) is 80.5. The normalized spacial score (nSPS) is 12.9. The third-order valence-electron chi connectivity index (χ3n) is 21.5. The Bertz CT molecular complexity index is 5810. The molecule has 15 aromatic rings. The van der Waals surface area contributed by atoms with Gasteiger partial charge < -0.3 is 47.4 Å². The van der Waals surface area contributed by atoms with Crippen molar-refractivity contribution in [2.45, 2.75) is 53.6 Å². The first-order valence-corrected chi connectivity index (χ1v) is 37.6. The van der Waals surface area contributed by atoms with Gasteiger partial charge in [-0.25, -0.2) is 9.59 Å². The van der Waals surface area contributed by atoms with E-state index in [1.54, 1.807) is 36.4 Å². The van der Waals surface area contributed by atoms with Crippen molar-refractivity contribution in [2.24, 2.45) is 0 Å². The highest BCUT2D eigenvalue weighted by atomic mass is 16.5. The highest BCUT2D eigenvalue weighted by molar-refractivity contribution is 6.45. The number of ether oxygens (including phenoxy) is 10. The number of aryl methyl sites for hydroxylation is 4. The third-order valence-corrected chi connectivity index (χ3v) is 21.5. The Morgan fingerprint density at radius 2 is 0.474 bits per heavy atom. The minimum Gasteiger partial charge on any atom is -0.496 e. The fourth-order valence-electron chi connectivity index (χ4n) is 15.6. The summed E-state index contributed by atoms with van der Waals surface area (Å²) in [4.78, 5) is 97.5. The SMILES string of the molecule is COc1cc(OC)cc(OC(=O)C(C)N2C(=O)c3cc(Oc4ccc(-c5ccccc5)cc4C)c4c5c(Oc6ccc(-c7ccccc7)cc6C)cc6c7c(cc(Oc8ccc(-c9ccccc9)cc8C)c(c8c(Oc9ccc(-c%10ccccc%10)cc9C)cc(c3c48)C2=O)c75)C(=O)N(C(C)C(=O)Oc2cc(OC)cc(OC)c2)C6=O)c1. The lowest BCUT2D eigenvalue weighted by atomic mass is 9.80. The second-order valence-corrected chi connectivity index (χ2v) is 28.7. The zero-order valence-electron chi connectivity index (χ0n) is 64.8. The maximum atomic E-state index is 16.5. The molecule has 0 aliphatic carbocycles. The van der Waals surface area contributed by atoms with Crippen LogP contribution in [0.25, 0.3) is 87.6 Å². The molecule has 4 amide bonds. The highest BCUT2D eigenvalue weighted by Crippen LogP contribution is 2.59. The van der Waals surface area contributed by atoms with E-state index in [0.29, 0.717) is 68.2 Å². The molecular formula is C98H74N2O16. The Morgan fingerprint density at radius 1 is 0.250 bits per heavy atom. The average molecular weight is 1540 g/mol. The van der Waals surface area contributed by atoms with Crippen LogP contribution in [-0.4, -0.2) is 85.9 Å². The summed E-state index contributed by atoms with van der Waals surface area (Å²) in [6, 6.07) is 74.5. The number of hydrogen-bond donors (Lipinski definition) is 0. The smallest absolute Gasteiger partial charge is 0.334 e. The molecule has 18 heteroatoms. The molecule has 0 spiro atoms. The summed E-state index contributed by atoms with van der Waals surface area (Å²) in [6.07, 6.45) is 0. The number of carbonyl (C=O) groups excluding carboxylic acids is 6. The van der Waals surface area contributed by atoms with Crippen molar-refractivity contribution in [3.8, 4) is 125 Å². The van der Waals surface area contributed by atoms with Crippen LogP contribution < -0.4 is 47.4 Å². The van der Waals surface area contributed by atoms with Crippen LogP contribution in [0, 0.1) is 27.7 Å². The second-order valence-electron chi connectivity index (χ2n) is 28.7. The Hall–Kier alpha value is -14.8. The minimum absolute atomic E-state index is 0.0148. The summed E-state index contributed by atoms with van der Waals surface area (Å²) in [5.41, 5.74) is 9.68. The molecule has 0 N–H and O–H groups in total. The van der Waals surface area contributed by atoms with E-state index >= 15 is 19.2 Å². The third kappa shape index (κ3) is 13.2. The molecule has 2 aliphatic heterocycles. The van der Waals surface area contributed by atoms with E-state index in [1.807, 2.05) is 222 Å². The molecule has 17 rings (SSSR count). The van der Waals surface area contributed by atoms with Gasteiger partial charge in [-0.05, 0) is 181 Å². The van der Waals surface area contributed by atoms with Crippen LogP contribution >= 0.6 is 0 Å². The van der Waals surface area contributed by atoms with Gasteiger partial charge in [0.05, 0.1) is 50.7 Å². The van der Waals surface area contributed by atoms with Gasteiger partial charge in [0.15, 0.2) is 0 Å². The van der Waals surface area contributed by atoms with Crippen molar-refractivity contribution in [2.75, 3.05) is 28.4 Å². The van der Waals surface area contributed by atoms with Gasteiger partial charge in [-0.3, -0.25) is 29.0 Å². The molecule has 18 nitrogen and oxygen atoms in total. The van der Waals surface area contributed by atoms with Crippen molar-refractivity contribution in [3.05, 3.63) is 299 Å². The van der Waals surface area contributed by atoms with E-state index < -0.39 is 47.7 Å². The summed E-state index contributed by atoms with van der Waals surface area (Å²) < 4.78 is 64.2. The van der Waals surface area contributed by atoms with Crippen LogP contribution in [0.5, 0.6) is 80.5 Å². The monoisotopic (exact) mass is 1530 g/mol. The summed E-state index contributed by atoms with van der Waals surface area (Å²) in [5.74, 6) is -2.78. The maximum Gasteiger partial charge on any atom is 0.334 e. The lowest BCUT2D eigenvalue weighted by molar-refractivity contribution is -0.139. The second kappa shape index (κ2) is 30.0. The number of methoxy groups -OCH3 is 4. The van der Waals surface area contributed by atoms with Crippen molar-refractivity contribution < 1.29 is 76.1 Å². The number of hydrogen-bond acceptors (Lipinski definition) is 16. The first kappa shape index (κ1) is 74.0. The van der Waals surface area contributed by atoms with Crippen LogP contribution in [0.2, 0.25) is 0 Å². The Kier molecular flexibility index (Phi) is 19.2. The van der Waals surface area contributed by atoms with Gasteiger partial charge in [0.2, 0.25) is 0 Å². The number of rotatable bonds is 22. The fraction of sp³-hybridized carbons (Fsp3) is 0.122. The number of esters is 2.